The number of methoxy groups -OCH3 is 1. The number of carbonyl (C=O) groups excluding carboxylic acids is 2. The molecule has 2 aromatic carbocycles. The summed E-state index contributed by atoms with van der Waals surface area (Å²) in [6.45, 7) is 1.36. The van der Waals surface area contributed by atoms with Gasteiger partial charge in [-0.25, -0.2) is 0 Å². The van der Waals surface area contributed by atoms with Gasteiger partial charge in [0.05, 0.1) is 7.11 Å². The van der Waals surface area contributed by atoms with Crippen molar-refractivity contribution in [3.8, 4) is 5.75 Å². The second kappa shape index (κ2) is 12.3. The predicted octanol–water partition coefficient (Wildman–Crippen LogP) is 5.02. The van der Waals surface area contributed by atoms with Crippen molar-refractivity contribution in [1.82, 2.24) is 9.80 Å². The first kappa shape index (κ1) is 25.4. The molecule has 3 rings (SSSR count). The third-order valence-electron chi connectivity index (χ3n) is 6.43. The minimum atomic E-state index is 0.0182. The fourth-order valence-electron chi connectivity index (χ4n) is 4.50. The number of likely N-dealkylation sites (tertiary alicyclic amines) is 1. The maximum atomic E-state index is 12.9. The van der Waals surface area contributed by atoms with Crippen molar-refractivity contribution < 1.29 is 14.3 Å². The zero-order valence-electron chi connectivity index (χ0n) is 19.6. The van der Waals surface area contributed by atoms with E-state index >= 15 is 0 Å². The summed E-state index contributed by atoms with van der Waals surface area (Å²) in [6, 6.07) is 15.3. The van der Waals surface area contributed by atoms with Crippen LogP contribution < -0.4 is 4.74 Å². The minimum Gasteiger partial charge on any atom is -0.497 e. The van der Waals surface area contributed by atoms with Crippen molar-refractivity contribution >= 4 is 35.2 Å². The number of likely N-dealkylation sites (N-methyl/N-ethyl adjacent to an activating group) is 1. The maximum absolute atomic E-state index is 12.9. The van der Waals surface area contributed by atoms with Gasteiger partial charge in [0.25, 0.3) is 5.91 Å². The third-order valence-corrected chi connectivity index (χ3v) is 7.28. The second-order valence-electron chi connectivity index (χ2n) is 8.51. The van der Waals surface area contributed by atoms with E-state index in [0.717, 1.165) is 36.3 Å². The van der Waals surface area contributed by atoms with Crippen LogP contribution in [0.5, 0.6) is 5.75 Å². The van der Waals surface area contributed by atoms with Gasteiger partial charge in [0.2, 0.25) is 5.91 Å². The lowest BCUT2D eigenvalue weighted by Crippen LogP contribution is -2.48. The molecule has 1 fully saturated rings. The number of ether oxygens (including phenoxy) is 1. The molecule has 1 aliphatic rings. The minimum absolute atomic E-state index is 0.0182. The lowest BCUT2D eigenvalue weighted by atomic mass is 9.84. The summed E-state index contributed by atoms with van der Waals surface area (Å²) in [6.07, 6.45) is 5.06. The molecule has 0 aliphatic carbocycles. The smallest absolute Gasteiger partial charge is 0.253 e. The molecular formula is C26H33ClN2O3S. The Bertz CT molecular complexity index is 947. The van der Waals surface area contributed by atoms with E-state index in [-0.39, 0.29) is 17.9 Å². The van der Waals surface area contributed by atoms with E-state index in [1.165, 1.54) is 0 Å². The molecule has 1 atom stereocenters. The van der Waals surface area contributed by atoms with Crippen molar-refractivity contribution in [3.63, 3.8) is 0 Å². The van der Waals surface area contributed by atoms with Crippen LogP contribution >= 0.6 is 23.4 Å². The van der Waals surface area contributed by atoms with Gasteiger partial charge in [-0.2, -0.15) is 11.8 Å². The van der Waals surface area contributed by atoms with Gasteiger partial charge in [0.15, 0.2) is 0 Å². The van der Waals surface area contributed by atoms with Crippen molar-refractivity contribution in [3.05, 3.63) is 64.7 Å². The Balaban J connectivity index is 1.72. The highest BCUT2D eigenvalue weighted by Crippen LogP contribution is 2.29. The Labute approximate surface area is 206 Å². The number of thioether (sulfide) groups is 1. The van der Waals surface area contributed by atoms with E-state index in [0.29, 0.717) is 36.0 Å². The fourth-order valence-corrected chi connectivity index (χ4v) is 5.07. The molecule has 0 radical (unpaired) electrons. The predicted molar refractivity (Wildman–Crippen MR) is 136 cm³/mol. The lowest BCUT2D eigenvalue weighted by molar-refractivity contribution is -0.132. The van der Waals surface area contributed by atoms with Crippen LogP contribution in [-0.4, -0.2) is 66.9 Å². The highest BCUT2D eigenvalue weighted by Gasteiger charge is 2.33. The first-order chi connectivity index (χ1) is 15.9. The zero-order chi connectivity index (χ0) is 23.8. The second-order valence-corrected chi connectivity index (χ2v) is 9.93. The van der Waals surface area contributed by atoms with Crippen LogP contribution in [0.4, 0.5) is 0 Å². The van der Waals surface area contributed by atoms with Crippen LogP contribution in [0.25, 0.3) is 0 Å². The molecular weight excluding hydrogens is 456 g/mol. The molecule has 1 aliphatic heterocycles. The molecule has 1 saturated heterocycles. The van der Waals surface area contributed by atoms with E-state index < -0.39 is 0 Å². The number of benzene rings is 2. The number of rotatable bonds is 9. The first-order valence-corrected chi connectivity index (χ1v) is 13.1. The van der Waals surface area contributed by atoms with Crippen LogP contribution in [0.2, 0.25) is 5.02 Å². The van der Waals surface area contributed by atoms with E-state index in [9.17, 15) is 9.59 Å². The van der Waals surface area contributed by atoms with Gasteiger partial charge in [-0.15, -0.1) is 0 Å². The van der Waals surface area contributed by atoms with Gasteiger partial charge >= 0.3 is 0 Å². The number of piperidine rings is 1. The Hall–Kier alpha value is -2.18. The average molecular weight is 489 g/mol. The lowest BCUT2D eigenvalue weighted by Gasteiger charge is -2.40. The van der Waals surface area contributed by atoms with E-state index in [1.807, 2.05) is 53.4 Å². The van der Waals surface area contributed by atoms with E-state index in [1.54, 1.807) is 31.0 Å². The van der Waals surface area contributed by atoms with Crippen molar-refractivity contribution in [1.29, 1.82) is 0 Å². The summed E-state index contributed by atoms with van der Waals surface area (Å²) in [5.74, 6) is 2.16. The van der Waals surface area contributed by atoms with Crippen LogP contribution in [0.3, 0.4) is 0 Å². The molecule has 0 bridgehead atoms. The Morgan fingerprint density at radius 2 is 1.91 bits per heavy atom. The molecule has 0 N–H and O–H groups in total. The molecule has 33 heavy (non-hydrogen) atoms. The van der Waals surface area contributed by atoms with E-state index in [4.69, 9.17) is 16.3 Å². The van der Waals surface area contributed by atoms with Gasteiger partial charge in [-0.3, -0.25) is 9.59 Å². The zero-order valence-corrected chi connectivity index (χ0v) is 21.2. The summed E-state index contributed by atoms with van der Waals surface area (Å²) in [5.41, 5.74) is 1.78. The fraction of sp³-hybridized carbons (Fsp3) is 0.462. The van der Waals surface area contributed by atoms with E-state index in [2.05, 4.69) is 6.07 Å². The maximum Gasteiger partial charge on any atom is 0.253 e. The number of amides is 2. The highest BCUT2D eigenvalue weighted by atomic mass is 35.5. The van der Waals surface area contributed by atoms with Crippen molar-refractivity contribution in [2.45, 2.75) is 31.7 Å². The van der Waals surface area contributed by atoms with Crippen LogP contribution in [-0.2, 0) is 11.2 Å². The Kier molecular flexibility index (Phi) is 9.51. The Morgan fingerprint density at radius 3 is 2.58 bits per heavy atom. The molecule has 5 nitrogen and oxygen atoms in total. The first-order valence-electron chi connectivity index (χ1n) is 11.3. The van der Waals surface area contributed by atoms with Crippen LogP contribution in [0.15, 0.2) is 48.5 Å². The molecule has 2 amide bonds. The summed E-state index contributed by atoms with van der Waals surface area (Å²) < 4.78 is 5.40. The molecule has 0 aromatic heterocycles. The summed E-state index contributed by atoms with van der Waals surface area (Å²) in [5, 5.41) is 0.569. The molecule has 0 spiro atoms. The molecule has 7 heteroatoms. The standard InChI is InChI=1S/C26H33ClN2O3S/c1-28(25(30)12-15-33-3)24(17-19-6-4-9-23(16-19)32-2)20-10-13-29(14-11-20)26(31)21-7-5-8-22(27)18-21/h4-9,16,18,20,24H,10-15,17H2,1-3H3/t24-/m0/s1. The third kappa shape index (κ3) is 6.90. The Morgan fingerprint density at radius 1 is 1.18 bits per heavy atom. The molecule has 1 heterocycles. The van der Waals surface area contributed by atoms with Crippen molar-refractivity contribution in [2.24, 2.45) is 5.92 Å². The van der Waals surface area contributed by atoms with Crippen LogP contribution in [0, 0.1) is 5.92 Å². The van der Waals surface area contributed by atoms with Gasteiger partial charge in [-0.05, 0) is 67.3 Å². The SMILES string of the molecule is COc1cccc(C[C@@H](C2CCN(C(=O)c3cccc(Cl)c3)CC2)N(C)C(=O)CCSC)c1. The largest absolute Gasteiger partial charge is 0.497 e. The van der Waals surface area contributed by atoms with Crippen LogP contribution in [0.1, 0.15) is 35.2 Å². The number of halogens is 1. The highest BCUT2D eigenvalue weighted by molar-refractivity contribution is 7.98. The molecule has 0 saturated carbocycles. The number of hydrogen-bond donors (Lipinski definition) is 0. The van der Waals surface area contributed by atoms with Gasteiger partial charge in [-0.1, -0.05) is 29.8 Å². The van der Waals surface area contributed by atoms with Gasteiger partial charge in [0.1, 0.15) is 5.75 Å². The van der Waals surface area contributed by atoms with Gasteiger partial charge < -0.3 is 14.5 Å². The quantitative estimate of drug-likeness (QED) is 0.497. The molecule has 178 valence electrons. The number of nitrogens with zero attached hydrogens (tertiary/aromatic N) is 2. The van der Waals surface area contributed by atoms with Gasteiger partial charge in [0, 0.05) is 48.9 Å². The molecule has 0 unspecified atom stereocenters. The summed E-state index contributed by atoms with van der Waals surface area (Å²) >= 11 is 7.76. The van der Waals surface area contributed by atoms with Crippen molar-refractivity contribution in [2.75, 3.05) is 39.3 Å². The topological polar surface area (TPSA) is 49.9 Å². The summed E-state index contributed by atoms with van der Waals surface area (Å²) in [7, 11) is 3.60. The number of carbonyl (C=O) groups is 2. The normalized spacial score (nSPS) is 15.2. The molecule has 2 aromatic rings. The summed E-state index contributed by atoms with van der Waals surface area (Å²) in [4.78, 5) is 29.7. The monoisotopic (exact) mass is 488 g/mol. The average Bonchev–Trinajstić information content (AvgIpc) is 2.85. The number of hydrogen-bond acceptors (Lipinski definition) is 4.